The van der Waals surface area contributed by atoms with Crippen molar-refractivity contribution in [3.63, 3.8) is 0 Å². The molecule has 0 spiro atoms. The number of carbonyl (C=O) groups is 1. The van der Waals surface area contributed by atoms with E-state index in [9.17, 15) is 4.79 Å². The maximum absolute atomic E-state index is 10.9. The highest BCUT2D eigenvalue weighted by Gasteiger charge is 2.08. The molecular formula is C24H23NO2. The molecule has 3 rings (SSSR count). The van der Waals surface area contributed by atoms with Crippen molar-refractivity contribution in [3.05, 3.63) is 102 Å². The summed E-state index contributed by atoms with van der Waals surface area (Å²) in [4.78, 5) is 12.7. The fourth-order valence-electron chi connectivity index (χ4n) is 3.04. The smallest absolute Gasteiger partial charge is 0.317 e. The SMILES string of the molecule is CN(C/C=C(/c1ccccc1)c1ccc(-c2ccccc2)cc1)CC(=O)O. The predicted octanol–water partition coefficient (Wildman–Crippen LogP) is 4.80. The molecule has 3 aromatic carbocycles. The van der Waals surface area contributed by atoms with Crippen LogP contribution in [0.3, 0.4) is 0 Å². The van der Waals surface area contributed by atoms with E-state index in [1.165, 1.54) is 11.1 Å². The van der Waals surface area contributed by atoms with E-state index in [4.69, 9.17) is 5.11 Å². The molecule has 1 N–H and O–H groups in total. The summed E-state index contributed by atoms with van der Waals surface area (Å²) in [6.45, 7) is 0.586. The average Bonchev–Trinajstić information content (AvgIpc) is 2.69. The van der Waals surface area contributed by atoms with Crippen molar-refractivity contribution in [2.24, 2.45) is 0 Å². The number of carboxylic acids is 1. The van der Waals surface area contributed by atoms with Gasteiger partial charge in [0.05, 0.1) is 6.54 Å². The zero-order chi connectivity index (χ0) is 19.1. The van der Waals surface area contributed by atoms with Crippen molar-refractivity contribution in [1.82, 2.24) is 4.90 Å². The molecule has 0 atom stereocenters. The van der Waals surface area contributed by atoms with Gasteiger partial charge in [0.1, 0.15) is 0 Å². The Balaban J connectivity index is 1.90. The number of carboxylic acid groups (broad SMARTS) is 1. The summed E-state index contributed by atoms with van der Waals surface area (Å²) in [5.41, 5.74) is 5.70. The first kappa shape index (κ1) is 18.6. The Labute approximate surface area is 160 Å². The van der Waals surface area contributed by atoms with Crippen molar-refractivity contribution >= 4 is 11.5 Å². The van der Waals surface area contributed by atoms with E-state index >= 15 is 0 Å². The highest BCUT2D eigenvalue weighted by Crippen LogP contribution is 2.26. The summed E-state index contributed by atoms with van der Waals surface area (Å²) >= 11 is 0. The second kappa shape index (κ2) is 8.97. The van der Waals surface area contributed by atoms with Crippen molar-refractivity contribution in [2.45, 2.75) is 0 Å². The second-order valence-corrected chi connectivity index (χ2v) is 6.52. The minimum absolute atomic E-state index is 0.0194. The van der Waals surface area contributed by atoms with Gasteiger partial charge in [-0.15, -0.1) is 0 Å². The van der Waals surface area contributed by atoms with Gasteiger partial charge in [0.25, 0.3) is 0 Å². The third kappa shape index (κ3) is 5.16. The van der Waals surface area contributed by atoms with Crippen LogP contribution >= 0.6 is 0 Å². The van der Waals surface area contributed by atoms with E-state index in [2.05, 4.69) is 54.6 Å². The normalized spacial score (nSPS) is 11.6. The van der Waals surface area contributed by atoms with Crippen LogP contribution in [-0.2, 0) is 4.79 Å². The predicted molar refractivity (Wildman–Crippen MR) is 111 cm³/mol. The number of hydrogen-bond donors (Lipinski definition) is 1. The van der Waals surface area contributed by atoms with E-state index in [1.54, 1.807) is 4.90 Å². The molecule has 3 aromatic rings. The fourth-order valence-corrected chi connectivity index (χ4v) is 3.04. The van der Waals surface area contributed by atoms with Crippen molar-refractivity contribution in [3.8, 4) is 11.1 Å². The third-order valence-electron chi connectivity index (χ3n) is 4.40. The van der Waals surface area contributed by atoms with Crippen LogP contribution in [0.25, 0.3) is 16.7 Å². The maximum atomic E-state index is 10.9. The lowest BCUT2D eigenvalue weighted by molar-refractivity contribution is -0.137. The van der Waals surface area contributed by atoms with Crippen LogP contribution in [-0.4, -0.2) is 36.1 Å². The Hall–Kier alpha value is -3.17. The molecular weight excluding hydrogens is 334 g/mol. The first-order valence-corrected chi connectivity index (χ1v) is 8.95. The molecule has 0 unspecified atom stereocenters. The maximum Gasteiger partial charge on any atom is 0.317 e. The van der Waals surface area contributed by atoms with Gasteiger partial charge in [-0.2, -0.15) is 0 Å². The van der Waals surface area contributed by atoms with Gasteiger partial charge in [-0.25, -0.2) is 0 Å². The molecule has 0 amide bonds. The lowest BCUT2D eigenvalue weighted by Crippen LogP contribution is -2.25. The number of nitrogens with zero attached hydrogens (tertiary/aromatic N) is 1. The Bertz CT molecular complexity index is 900. The van der Waals surface area contributed by atoms with E-state index in [1.807, 2.05) is 43.4 Å². The highest BCUT2D eigenvalue weighted by molar-refractivity contribution is 5.81. The Kier molecular flexibility index (Phi) is 6.18. The molecule has 0 saturated carbocycles. The van der Waals surface area contributed by atoms with Crippen LogP contribution in [0, 0.1) is 0 Å². The molecule has 0 radical (unpaired) electrons. The van der Waals surface area contributed by atoms with E-state index < -0.39 is 5.97 Å². The third-order valence-corrected chi connectivity index (χ3v) is 4.40. The summed E-state index contributed by atoms with van der Waals surface area (Å²) in [7, 11) is 1.81. The molecule has 0 aliphatic heterocycles. The Morgan fingerprint density at radius 1 is 0.815 bits per heavy atom. The Morgan fingerprint density at radius 2 is 1.33 bits per heavy atom. The van der Waals surface area contributed by atoms with E-state index in [-0.39, 0.29) is 6.54 Å². The quantitative estimate of drug-likeness (QED) is 0.660. The molecule has 136 valence electrons. The number of likely N-dealkylation sites (N-methyl/N-ethyl adjacent to an activating group) is 1. The van der Waals surface area contributed by atoms with E-state index in [0.29, 0.717) is 6.54 Å². The van der Waals surface area contributed by atoms with Crippen molar-refractivity contribution in [1.29, 1.82) is 0 Å². The number of hydrogen-bond acceptors (Lipinski definition) is 2. The van der Waals surface area contributed by atoms with Crippen LogP contribution < -0.4 is 0 Å². The summed E-state index contributed by atoms with van der Waals surface area (Å²) in [6, 6.07) is 29.0. The topological polar surface area (TPSA) is 40.5 Å². The van der Waals surface area contributed by atoms with Gasteiger partial charge >= 0.3 is 5.97 Å². The summed E-state index contributed by atoms with van der Waals surface area (Å²) in [5, 5.41) is 8.96. The van der Waals surface area contributed by atoms with Crippen molar-refractivity contribution < 1.29 is 9.90 Å². The first-order chi connectivity index (χ1) is 13.1. The number of aliphatic carboxylic acids is 1. The van der Waals surface area contributed by atoms with Gasteiger partial charge in [-0.3, -0.25) is 9.69 Å². The number of rotatable bonds is 7. The van der Waals surface area contributed by atoms with Crippen LogP contribution in [0.2, 0.25) is 0 Å². The molecule has 0 fully saturated rings. The van der Waals surface area contributed by atoms with Gasteiger partial charge in [-0.05, 0) is 34.9 Å². The van der Waals surface area contributed by atoms with Crippen LogP contribution in [0.15, 0.2) is 91.0 Å². The monoisotopic (exact) mass is 357 g/mol. The fraction of sp³-hybridized carbons (Fsp3) is 0.125. The summed E-state index contributed by atoms with van der Waals surface area (Å²) in [6.07, 6.45) is 2.09. The molecule has 0 aliphatic rings. The largest absolute Gasteiger partial charge is 0.480 e. The van der Waals surface area contributed by atoms with E-state index in [0.717, 1.165) is 16.7 Å². The molecule has 3 nitrogen and oxygen atoms in total. The van der Waals surface area contributed by atoms with Gasteiger partial charge in [0.2, 0.25) is 0 Å². The molecule has 0 bridgehead atoms. The zero-order valence-electron chi connectivity index (χ0n) is 15.4. The van der Waals surface area contributed by atoms with Gasteiger partial charge in [0, 0.05) is 6.54 Å². The highest BCUT2D eigenvalue weighted by atomic mass is 16.4. The van der Waals surface area contributed by atoms with Crippen LogP contribution in [0.4, 0.5) is 0 Å². The van der Waals surface area contributed by atoms with Crippen LogP contribution in [0.5, 0.6) is 0 Å². The minimum atomic E-state index is -0.820. The summed E-state index contributed by atoms with van der Waals surface area (Å²) < 4.78 is 0. The standard InChI is InChI=1S/C24H23NO2/c1-25(18-24(26)27)17-16-23(21-10-6-3-7-11-21)22-14-12-20(13-15-22)19-8-4-2-5-9-19/h2-16H,17-18H2,1H3,(H,26,27)/b23-16-. The number of benzene rings is 3. The molecule has 27 heavy (non-hydrogen) atoms. The van der Waals surface area contributed by atoms with Gasteiger partial charge < -0.3 is 5.11 Å². The Morgan fingerprint density at radius 3 is 1.93 bits per heavy atom. The molecule has 0 aromatic heterocycles. The minimum Gasteiger partial charge on any atom is -0.480 e. The first-order valence-electron chi connectivity index (χ1n) is 8.95. The average molecular weight is 357 g/mol. The lowest BCUT2D eigenvalue weighted by Gasteiger charge is -2.14. The van der Waals surface area contributed by atoms with Gasteiger partial charge in [0.15, 0.2) is 0 Å². The lowest BCUT2D eigenvalue weighted by atomic mass is 9.95. The van der Waals surface area contributed by atoms with Crippen LogP contribution in [0.1, 0.15) is 11.1 Å². The molecule has 0 saturated heterocycles. The second-order valence-electron chi connectivity index (χ2n) is 6.52. The zero-order valence-corrected chi connectivity index (χ0v) is 15.4. The molecule has 3 heteroatoms. The molecule has 0 heterocycles. The van der Waals surface area contributed by atoms with Crippen molar-refractivity contribution in [2.75, 3.05) is 20.1 Å². The summed E-state index contributed by atoms with van der Waals surface area (Å²) in [5.74, 6) is -0.820. The van der Waals surface area contributed by atoms with Gasteiger partial charge in [-0.1, -0.05) is 91.0 Å². The molecule has 0 aliphatic carbocycles.